The van der Waals surface area contributed by atoms with E-state index in [1.54, 1.807) is 6.07 Å². The maximum Gasteiger partial charge on any atom is 0.224 e. The highest BCUT2D eigenvalue weighted by Gasteiger charge is 2.26. The minimum Gasteiger partial charge on any atom is -0.464 e. The normalized spacial score (nSPS) is 22.5. The minimum absolute atomic E-state index is 0.616. The molecule has 0 amide bonds. The van der Waals surface area contributed by atoms with Gasteiger partial charge in [0.1, 0.15) is 5.76 Å². The van der Waals surface area contributed by atoms with Gasteiger partial charge in [0.25, 0.3) is 0 Å². The first-order valence-corrected chi connectivity index (χ1v) is 5.68. The molecule has 1 aromatic rings. The molecular weight excluding hydrogens is 224 g/mol. The summed E-state index contributed by atoms with van der Waals surface area (Å²) < 4.78 is 5.50. The first kappa shape index (κ1) is 9.94. The van der Waals surface area contributed by atoms with E-state index in [2.05, 4.69) is 12.2 Å². The molecule has 0 saturated heterocycles. The average Bonchev–Trinajstić information content (AvgIpc) is 2.29. The second kappa shape index (κ2) is 3.65. The Morgan fingerprint density at radius 2 is 2.25 bits per heavy atom. The molecule has 82 valence electrons. The number of aliphatic hydroxyl groups is 1. The standard InChI is InChI=1S/C13H11ClO2/c14-8-5-6-9-10-3-1-2-4-12(10)16-13(15)11(9)7-8/h1,3,5-7,13,15H,2,4H2. The molecule has 0 aromatic heterocycles. The number of ether oxygens (including phenoxy) is 1. The number of rotatable bonds is 0. The van der Waals surface area contributed by atoms with Crippen LogP contribution in [0.5, 0.6) is 0 Å². The summed E-state index contributed by atoms with van der Waals surface area (Å²) in [6, 6.07) is 5.54. The van der Waals surface area contributed by atoms with Crippen molar-refractivity contribution >= 4 is 17.2 Å². The fourth-order valence-corrected chi connectivity index (χ4v) is 2.37. The smallest absolute Gasteiger partial charge is 0.224 e. The molecule has 1 aliphatic carbocycles. The SMILES string of the molecule is OC1OC2=C(C=CCC2)c2ccc(Cl)cc21. The van der Waals surface area contributed by atoms with Gasteiger partial charge >= 0.3 is 0 Å². The van der Waals surface area contributed by atoms with Gasteiger partial charge in [-0.3, -0.25) is 0 Å². The van der Waals surface area contributed by atoms with Crippen molar-refractivity contribution in [2.45, 2.75) is 19.1 Å². The van der Waals surface area contributed by atoms with E-state index in [4.69, 9.17) is 16.3 Å². The lowest BCUT2D eigenvalue weighted by molar-refractivity contribution is -0.0730. The Hall–Kier alpha value is -1.25. The zero-order valence-corrected chi connectivity index (χ0v) is 9.37. The summed E-state index contributed by atoms with van der Waals surface area (Å²) in [5, 5.41) is 10.5. The Labute approximate surface area is 98.8 Å². The van der Waals surface area contributed by atoms with Crippen LogP contribution in [-0.4, -0.2) is 5.11 Å². The Balaban J connectivity index is 2.20. The molecule has 0 bridgehead atoms. The number of halogens is 1. The lowest BCUT2D eigenvalue weighted by atomic mass is 9.92. The van der Waals surface area contributed by atoms with E-state index in [-0.39, 0.29) is 0 Å². The van der Waals surface area contributed by atoms with Gasteiger partial charge in [0.05, 0.1) is 0 Å². The van der Waals surface area contributed by atoms with Crippen LogP contribution in [0.4, 0.5) is 0 Å². The Morgan fingerprint density at radius 1 is 1.38 bits per heavy atom. The second-order valence-corrected chi connectivity index (χ2v) is 4.42. The fourth-order valence-electron chi connectivity index (χ4n) is 2.19. The van der Waals surface area contributed by atoms with Crippen molar-refractivity contribution in [3.63, 3.8) is 0 Å². The molecule has 0 spiro atoms. The number of allylic oxidation sites excluding steroid dienone is 4. The predicted molar refractivity (Wildman–Crippen MR) is 62.8 cm³/mol. The van der Waals surface area contributed by atoms with Crippen LogP contribution in [0, 0.1) is 0 Å². The molecule has 1 unspecified atom stereocenters. The van der Waals surface area contributed by atoms with Crippen LogP contribution in [-0.2, 0) is 4.74 Å². The number of fused-ring (bicyclic) bond motifs is 2. The monoisotopic (exact) mass is 234 g/mol. The van der Waals surface area contributed by atoms with Gasteiger partial charge in [-0.1, -0.05) is 29.8 Å². The van der Waals surface area contributed by atoms with E-state index in [0.717, 1.165) is 35.3 Å². The third-order valence-electron chi connectivity index (χ3n) is 2.95. The van der Waals surface area contributed by atoms with Gasteiger partial charge in [-0.05, 0) is 24.1 Å². The summed E-state index contributed by atoms with van der Waals surface area (Å²) in [5.74, 6) is 0.879. The van der Waals surface area contributed by atoms with E-state index >= 15 is 0 Å². The van der Waals surface area contributed by atoms with E-state index in [1.807, 2.05) is 12.1 Å². The highest BCUT2D eigenvalue weighted by molar-refractivity contribution is 6.30. The predicted octanol–water partition coefficient (Wildman–Crippen LogP) is 3.42. The second-order valence-electron chi connectivity index (χ2n) is 3.98. The van der Waals surface area contributed by atoms with Crippen LogP contribution in [0.2, 0.25) is 5.02 Å². The van der Waals surface area contributed by atoms with Crippen molar-refractivity contribution in [2.75, 3.05) is 0 Å². The molecule has 2 nitrogen and oxygen atoms in total. The van der Waals surface area contributed by atoms with Gasteiger partial charge in [0.2, 0.25) is 6.29 Å². The van der Waals surface area contributed by atoms with Gasteiger partial charge in [0.15, 0.2) is 0 Å². The largest absolute Gasteiger partial charge is 0.464 e. The molecule has 0 radical (unpaired) electrons. The van der Waals surface area contributed by atoms with Crippen molar-refractivity contribution in [2.24, 2.45) is 0 Å². The molecule has 1 aliphatic heterocycles. The van der Waals surface area contributed by atoms with Crippen molar-refractivity contribution in [1.29, 1.82) is 0 Å². The van der Waals surface area contributed by atoms with E-state index in [9.17, 15) is 5.11 Å². The van der Waals surface area contributed by atoms with E-state index in [0.29, 0.717) is 5.02 Å². The number of hydrogen-bond acceptors (Lipinski definition) is 2. The summed E-state index contributed by atoms with van der Waals surface area (Å²) in [6.45, 7) is 0. The topological polar surface area (TPSA) is 29.5 Å². The molecule has 1 heterocycles. The highest BCUT2D eigenvalue weighted by Crippen LogP contribution is 2.40. The lowest BCUT2D eigenvalue weighted by Gasteiger charge is -2.28. The first-order chi connectivity index (χ1) is 7.75. The molecule has 3 rings (SSSR count). The van der Waals surface area contributed by atoms with Crippen LogP contribution in [0.25, 0.3) is 5.57 Å². The van der Waals surface area contributed by atoms with Gasteiger partial charge in [-0.25, -0.2) is 0 Å². The van der Waals surface area contributed by atoms with Crippen LogP contribution in [0.3, 0.4) is 0 Å². The van der Waals surface area contributed by atoms with Gasteiger partial charge in [-0.2, -0.15) is 0 Å². The molecule has 0 saturated carbocycles. The fraction of sp³-hybridized carbons (Fsp3) is 0.231. The summed E-state index contributed by atoms with van der Waals surface area (Å²) in [5.41, 5.74) is 2.84. The quantitative estimate of drug-likeness (QED) is 0.745. The van der Waals surface area contributed by atoms with Crippen LogP contribution >= 0.6 is 11.6 Å². The molecule has 0 fully saturated rings. The van der Waals surface area contributed by atoms with Gasteiger partial charge in [-0.15, -0.1) is 0 Å². The molecular formula is C13H11ClO2. The Bertz CT molecular complexity index is 503. The van der Waals surface area contributed by atoms with Crippen molar-refractivity contribution in [1.82, 2.24) is 0 Å². The molecule has 3 heteroatoms. The van der Waals surface area contributed by atoms with Crippen molar-refractivity contribution in [3.8, 4) is 0 Å². The van der Waals surface area contributed by atoms with Crippen LogP contribution in [0.15, 0.2) is 36.1 Å². The third kappa shape index (κ3) is 1.46. The maximum absolute atomic E-state index is 9.89. The summed E-state index contributed by atoms with van der Waals surface area (Å²) in [7, 11) is 0. The van der Waals surface area contributed by atoms with Crippen molar-refractivity contribution < 1.29 is 9.84 Å². The lowest BCUT2D eigenvalue weighted by Crippen LogP contribution is -2.14. The summed E-state index contributed by atoms with van der Waals surface area (Å²) >= 11 is 5.92. The van der Waals surface area contributed by atoms with Crippen molar-refractivity contribution in [3.05, 3.63) is 52.3 Å². The first-order valence-electron chi connectivity index (χ1n) is 5.30. The van der Waals surface area contributed by atoms with Crippen LogP contribution in [0.1, 0.15) is 30.3 Å². The average molecular weight is 235 g/mol. The van der Waals surface area contributed by atoms with E-state index in [1.165, 1.54) is 0 Å². The Kier molecular flexibility index (Phi) is 2.27. The van der Waals surface area contributed by atoms with Gasteiger partial charge in [0, 0.05) is 22.6 Å². The molecule has 1 aromatic carbocycles. The summed E-state index contributed by atoms with van der Waals surface area (Å²) in [4.78, 5) is 0. The molecule has 1 atom stereocenters. The summed E-state index contributed by atoms with van der Waals surface area (Å²) in [6.07, 6.45) is 5.11. The minimum atomic E-state index is -0.890. The van der Waals surface area contributed by atoms with Crippen LogP contribution < -0.4 is 0 Å². The zero-order chi connectivity index (χ0) is 11.1. The Morgan fingerprint density at radius 3 is 3.12 bits per heavy atom. The van der Waals surface area contributed by atoms with E-state index < -0.39 is 6.29 Å². The number of benzene rings is 1. The molecule has 2 aliphatic rings. The number of aliphatic hydroxyl groups excluding tert-OH is 1. The number of hydrogen-bond donors (Lipinski definition) is 1. The third-order valence-corrected chi connectivity index (χ3v) is 3.18. The van der Waals surface area contributed by atoms with Gasteiger partial charge < -0.3 is 9.84 Å². The molecule has 16 heavy (non-hydrogen) atoms. The maximum atomic E-state index is 9.89. The molecule has 1 N–H and O–H groups in total. The zero-order valence-electron chi connectivity index (χ0n) is 8.61. The highest BCUT2D eigenvalue weighted by atomic mass is 35.5.